The summed E-state index contributed by atoms with van der Waals surface area (Å²) in [5.41, 5.74) is 1.64. The van der Waals surface area contributed by atoms with E-state index in [-0.39, 0.29) is 36.3 Å². The van der Waals surface area contributed by atoms with Crippen LogP contribution in [0.1, 0.15) is 42.1 Å². The third-order valence-corrected chi connectivity index (χ3v) is 7.38. The zero-order valence-corrected chi connectivity index (χ0v) is 21.1. The molecule has 5 atom stereocenters. The molecule has 0 amide bonds. The van der Waals surface area contributed by atoms with E-state index in [1.807, 2.05) is 42.5 Å². The van der Waals surface area contributed by atoms with Gasteiger partial charge in [-0.15, -0.1) is 0 Å². The first-order valence-corrected chi connectivity index (χ1v) is 12.5. The van der Waals surface area contributed by atoms with Crippen molar-refractivity contribution in [3.63, 3.8) is 0 Å². The molecule has 0 aromatic heterocycles. The molecule has 1 saturated carbocycles. The van der Waals surface area contributed by atoms with E-state index in [0.717, 1.165) is 15.6 Å². The summed E-state index contributed by atoms with van der Waals surface area (Å²) >= 11 is 2.23. The van der Waals surface area contributed by atoms with Crippen LogP contribution >= 0.6 is 22.6 Å². The fourth-order valence-electron chi connectivity index (χ4n) is 4.78. The summed E-state index contributed by atoms with van der Waals surface area (Å²) in [6.07, 6.45) is 2.94. The van der Waals surface area contributed by atoms with Crippen molar-refractivity contribution in [2.45, 2.75) is 50.9 Å². The van der Waals surface area contributed by atoms with Gasteiger partial charge in [-0.3, -0.25) is 9.59 Å². The van der Waals surface area contributed by atoms with Gasteiger partial charge in [-0.25, -0.2) is 4.79 Å². The molecule has 2 aromatic rings. The van der Waals surface area contributed by atoms with Crippen LogP contribution in [0.5, 0.6) is 0 Å². The highest BCUT2D eigenvalue weighted by Crippen LogP contribution is 2.48. The molecular formula is C27H27IO6. The number of fused-ring (bicyclic) bond motifs is 1. The monoisotopic (exact) mass is 574 g/mol. The van der Waals surface area contributed by atoms with Gasteiger partial charge in [0.1, 0.15) is 18.3 Å². The number of rotatable bonds is 8. The highest BCUT2D eigenvalue weighted by atomic mass is 127. The van der Waals surface area contributed by atoms with E-state index in [4.69, 9.17) is 14.2 Å². The molecule has 6 nitrogen and oxygen atoms in total. The molecule has 2 aromatic carbocycles. The lowest BCUT2D eigenvalue weighted by Crippen LogP contribution is -2.27. The van der Waals surface area contributed by atoms with E-state index < -0.39 is 18.2 Å². The number of ether oxygens (including phenoxy) is 3. The average Bonchev–Trinajstić information content (AvgIpc) is 3.33. The first-order chi connectivity index (χ1) is 16.4. The van der Waals surface area contributed by atoms with E-state index in [0.29, 0.717) is 18.4 Å². The van der Waals surface area contributed by atoms with E-state index >= 15 is 0 Å². The lowest BCUT2D eigenvalue weighted by atomic mass is 9.91. The summed E-state index contributed by atoms with van der Waals surface area (Å²) < 4.78 is 17.9. The van der Waals surface area contributed by atoms with Crippen LogP contribution in [-0.4, -0.2) is 36.2 Å². The Morgan fingerprint density at radius 1 is 1.12 bits per heavy atom. The lowest BCUT2D eigenvalue weighted by molar-refractivity contribution is -0.144. The summed E-state index contributed by atoms with van der Waals surface area (Å²) in [5.74, 6) is -1.24. The normalized spacial score (nSPS) is 24.8. The van der Waals surface area contributed by atoms with Crippen LogP contribution in [0.4, 0.5) is 0 Å². The SMILES string of the molecule is CC(=O)O[C@H](C=C(I)[C@@H]1[C@H]2CC(=O)O[C@H]2C[C@H]1OC(=O)c1ccccc1)CCc1ccccc1. The van der Waals surface area contributed by atoms with E-state index in [1.165, 1.54) is 6.92 Å². The van der Waals surface area contributed by atoms with E-state index in [9.17, 15) is 14.4 Å². The molecule has 178 valence electrons. The summed E-state index contributed by atoms with van der Waals surface area (Å²) in [4.78, 5) is 36.5. The number of hydrogen-bond donors (Lipinski definition) is 0. The van der Waals surface area contributed by atoms with Crippen molar-refractivity contribution in [3.05, 3.63) is 81.4 Å². The Labute approximate surface area is 212 Å². The van der Waals surface area contributed by atoms with Gasteiger partial charge in [-0.05, 0) is 62.8 Å². The second-order valence-corrected chi connectivity index (χ2v) is 9.94. The van der Waals surface area contributed by atoms with Crippen molar-refractivity contribution in [3.8, 4) is 0 Å². The maximum absolute atomic E-state index is 12.8. The molecule has 1 heterocycles. The molecule has 0 unspecified atom stereocenters. The average molecular weight is 574 g/mol. The summed E-state index contributed by atoms with van der Waals surface area (Å²) in [7, 11) is 0. The molecular weight excluding hydrogens is 547 g/mol. The lowest BCUT2D eigenvalue weighted by Gasteiger charge is -2.24. The van der Waals surface area contributed by atoms with Gasteiger partial charge < -0.3 is 14.2 Å². The van der Waals surface area contributed by atoms with E-state index in [1.54, 1.807) is 24.3 Å². The van der Waals surface area contributed by atoms with Crippen molar-refractivity contribution in [1.82, 2.24) is 0 Å². The predicted molar refractivity (Wildman–Crippen MR) is 134 cm³/mol. The van der Waals surface area contributed by atoms with Gasteiger partial charge in [0.05, 0.1) is 12.0 Å². The quantitative estimate of drug-likeness (QED) is 0.250. The molecule has 4 rings (SSSR count). The summed E-state index contributed by atoms with van der Waals surface area (Å²) in [6.45, 7) is 1.40. The molecule has 1 aliphatic heterocycles. The van der Waals surface area contributed by atoms with Crippen LogP contribution in [-0.2, 0) is 30.2 Å². The van der Waals surface area contributed by atoms with Crippen molar-refractivity contribution < 1.29 is 28.6 Å². The fourth-order valence-corrected chi connectivity index (χ4v) is 6.04. The number of benzene rings is 2. The van der Waals surface area contributed by atoms with Crippen LogP contribution in [0, 0.1) is 11.8 Å². The fraction of sp³-hybridized carbons (Fsp3) is 0.370. The number of aryl methyl sites for hydroxylation is 1. The molecule has 0 bridgehead atoms. The summed E-state index contributed by atoms with van der Waals surface area (Å²) in [5, 5.41) is 0. The molecule has 0 radical (unpaired) electrons. The smallest absolute Gasteiger partial charge is 0.338 e. The zero-order valence-electron chi connectivity index (χ0n) is 18.9. The second-order valence-electron chi connectivity index (χ2n) is 8.69. The number of halogens is 1. The number of carbonyl (C=O) groups is 3. The zero-order chi connectivity index (χ0) is 24.1. The highest BCUT2D eigenvalue weighted by Gasteiger charge is 2.52. The maximum Gasteiger partial charge on any atom is 0.338 e. The molecule has 1 saturated heterocycles. The van der Waals surface area contributed by atoms with Crippen molar-refractivity contribution in [2.75, 3.05) is 0 Å². The van der Waals surface area contributed by atoms with Gasteiger partial charge >= 0.3 is 17.9 Å². The second kappa shape index (κ2) is 11.2. The minimum Gasteiger partial charge on any atom is -0.462 e. The standard InChI is InChI=1S/C27H27IO6/c1-17(29)32-20(13-12-18-8-4-2-5-9-18)14-22(28)26-21-15-25(30)33-23(21)16-24(26)34-27(31)19-10-6-3-7-11-19/h2-11,14,20-21,23-24,26H,12-13,15-16H2,1H3/t20-,21-,23-,24+,26-/m0/s1. The third-order valence-electron chi connectivity index (χ3n) is 6.30. The molecule has 7 heteroatoms. The Morgan fingerprint density at radius 2 is 1.79 bits per heavy atom. The first-order valence-electron chi connectivity index (χ1n) is 11.4. The van der Waals surface area contributed by atoms with Crippen LogP contribution in [0.25, 0.3) is 0 Å². The Kier molecular flexibility index (Phi) is 8.03. The Bertz CT molecular complexity index is 1050. The van der Waals surface area contributed by atoms with Crippen molar-refractivity contribution >= 4 is 40.5 Å². The van der Waals surface area contributed by atoms with Gasteiger partial charge in [-0.2, -0.15) is 0 Å². The molecule has 0 N–H and O–H groups in total. The van der Waals surface area contributed by atoms with Gasteiger partial charge in [0.2, 0.25) is 0 Å². The van der Waals surface area contributed by atoms with Crippen LogP contribution < -0.4 is 0 Å². The molecule has 0 spiro atoms. The van der Waals surface area contributed by atoms with Crippen LogP contribution in [0.3, 0.4) is 0 Å². The predicted octanol–water partition coefficient (Wildman–Crippen LogP) is 5.05. The van der Waals surface area contributed by atoms with Gasteiger partial charge in [0.25, 0.3) is 0 Å². The van der Waals surface area contributed by atoms with Gasteiger partial charge in [0, 0.05) is 25.2 Å². The largest absolute Gasteiger partial charge is 0.462 e. The molecule has 1 aliphatic carbocycles. The van der Waals surface area contributed by atoms with E-state index in [2.05, 4.69) is 22.6 Å². The van der Waals surface area contributed by atoms with Crippen LogP contribution in [0.2, 0.25) is 0 Å². The van der Waals surface area contributed by atoms with Gasteiger partial charge in [-0.1, -0.05) is 48.5 Å². The number of carbonyl (C=O) groups excluding carboxylic acids is 3. The molecule has 2 aliphatic rings. The van der Waals surface area contributed by atoms with Crippen molar-refractivity contribution in [2.24, 2.45) is 11.8 Å². The minimum absolute atomic E-state index is 0.0728. The maximum atomic E-state index is 12.8. The van der Waals surface area contributed by atoms with Crippen LogP contribution in [0.15, 0.2) is 70.3 Å². The number of esters is 3. The topological polar surface area (TPSA) is 78.9 Å². The Morgan fingerprint density at radius 3 is 2.47 bits per heavy atom. The first kappa shape index (κ1) is 24.4. The number of hydrogen-bond acceptors (Lipinski definition) is 6. The molecule has 2 fully saturated rings. The Hall–Kier alpha value is -2.68. The Balaban J connectivity index is 1.53. The minimum atomic E-state index is -0.425. The third kappa shape index (κ3) is 6.05. The van der Waals surface area contributed by atoms with Crippen molar-refractivity contribution in [1.29, 1.82) is 0 Å². The molecule has 34 heavy (non-hydrogen) atoms. The highest BCUT2D eigenvalue weighted by molar-refractivity contribution is 14.1. The summed E-state index contributed by atoms with van der Waals surface area (Å²) in [6, 6.07) is 18.9. The van der Waals surface area contributed by atoms with Gasteiger partial charge in [0.15, 0.2) is 0 Å².